The minimum absolute atomic E-state index is 0.169. The van der Waals surface area contributed by atoms with Crippen LogP contribution in [0.5, 0.6) is 0 Å². The van der Waals surface area contributed by atoms with Crippen LogP contribution in [-0.4, -0.2) is 29.9 Å². The van der Waals surface area contributed by atoms with Crippen LogP contribution in [0, 0.1) is 0 Å². The van der Waals surface area contributed by atoms with Gasteiger partial charge in [-0.05, 0) is 17.7 Å². The monoisotopic (exact) mass is 315 g/mol. The Morgan fingerprint density at radius 3 is 2.70 bits per heavy atom. The van der Waals surface area contributed by atoms with E-state index in [4.69, 9.17) is 38.2 Å². The quantitative estimate of drug-likeness (QED) is 0.886. The van der Waals surface area contributed by atoms with E-state index in [1.165, 1.54) is 0 Å². The van der Waals surface area contributed by atoms with Gasteiger partial charge in [-0.1, -0.05) is 34.4 Å². The predicted octanol–water partition coefficient (Wildman–Crippen LogP) is 2.48. The van der Waals surface area contributed by atoms with Crippen LogP contribution >= 0.6 is 23.2 Å². The number of benzene rings is 1. The maximum Gasteiger partial charge on any atom is 0.228 e. The fourth-order valence-corrected chi connectivity index (χ4v) is 2.33. The number of nitrogens with two attached hydrogens (primary N) is 1. The van der Waals surface area contributed by atoms with Crippen LogP contribution in [-0.2, 0) is 17.6 Å². The van der Waals surface area contributed by atoms with Gasteiger partial charge in [-0.2, -0.15) is 4.98 Å². The lowest BCUT2D eigenvalue weighted by Gasteiger charge is -2.05. The van der Waals surface area contributed by atoms with Crippen LogP contribution in [0.2, 0.25) is 10.0 Å². The van der Waals surface area contributed by atoms with E-state index in [1.54, 1.807) is 25.3 Å². The summed E-state index contributed by atoms with van der Waals surface area (Å²) in [6, 6.07) is 5.17. The highest BCUT2D eigenvalue weighted by Gasteiger charge is 2.14. The zero-order valence-electron chi connectivity index (χ0n) is 11.0. The third kappa shape index (κ3) is 3.93. The molecule has 0 bridgehead atoms. The molecule has 0 fully saturated rings. The summed E-state index contributed by atoms with van der Waals surface area (Å²) in [5, 5.41) is 5.07. The van der Waals surface area contributed by atoms with Crippen molar-refractivity contribution in [2.24, 2.45) is 5.73 Å². The van der Waals surface area contributed by atoms with Crippen molar-refractivity contribution in [3.8, 4) is 0 Å². The summed E-state index contributed by atoms with van der Waals surface area (Å²) in [5.41, 5.74) is 6.61. The number of nitrogens with zero attached hydrogens (tertiary/aromatic N) is 2. The highest BCUT2D eigenvalue weighted by Crippen LogP contribution is 2.26. The Labute approximate surface area is 127 Å². The Bertz CT molecular complexity index is 554. The minimum Gasteiger partial charge on any atom is -0.383 e. The van der Waals surface area contributed by atoms with Crippen molar-refractivity contribution < 1.29 is 9.26 Å². The van der Waals surface area contributed by atoms with Gasteiger partial charge in [0.1, 0.15) is 0 Å². The van der Waals surface area contributed by atoms with Crippen molar-refractivity contribution in [1.82, 2.24) is 10.1 Å². The molecule has 5 nitrogen and oxygen atoms in total. The smallest absolute Gasteiger partial charge is 0.228 e. The van der Waals surface area contributed by atoms with Crippen LogP contribution in [0.25, 0.3) is 0 Å². The van der Waals surface area contributed by atoms with Crippen LogP contribution in [0.4, 0.5) is 0 Å². The van der Waals surface area contributed by atoms with Crippen LogP contribution < -0.4 is 5.73 Å². The molecule has 1 unspecified atom stereocenters. The van der Waals surface area contributed by atoms with E-state index in [0.717, 1.165) is 5.56 Å². The fraction of sp³-hybridized carbons (Fsp3) is 0.385. The summed E-state index contributed by atoms with van der Waals surface area (Å²) in [7, 11) is 1.60. The molecule has 7 heteroatoms. The number of methoxy groups -OCH3 is 1. The van der Waals surface area contributed by atoms with Crippen molar-refractivity contribution in [1.29, 1.82) is 0 Å². The van der Waals surface area contributed by atoms with Crippen LogP contribution in [0.15, 0.2) is 22.7 Å². The fourth-order valence-electron chi connectivity index (χ4n) is 1.80. The molecular weight excluding hydrogens is 301 g/mol. The van der Waals surface area contributed by atoms with Gasteiger partial charge in [0.05, 0.1) is 6.61 Å². The first-order chi connectivity index (χ1) is 9.60. The van der Waals surface area contributed by atoms with Crippen molar-refractivity contribution in [2.45, 2.75) is 18.9 Å². The molecule has 0 saturated carbocycles. The van der Waals surface area contributed by atoms with Gasteiger partial charge in [-0.3, -0.25) is 0 Å². The van der Waals surface area contributed by atoms with Gasteiger partial charge in [0.2, 0.25) is 5.89 Å². The number of rotatable bonds is 6. The van der Waals surface area contributed by atoms with Gasteiger partial charge in [0.15, 0.2) is 5.82 Å². The van der Waals surface area contributed by atoms with E-state index in [9.17, 15) is 0 Å². The highest BCUT2D eigenvalue weighted by atomic mass is 35.5. The molecule has 2 N–H and O–H groups in total. The average Bonchev–Trinajstić information content (AvgIpc) is 2.82. The molecule has 0 spiro atoms. The van der Waals surface area contributed by atoms with E-state index in [2.05, 4.69) is 10.1 Å². The second kappa shape index (κ2) is 7.04. The van der Waals surface area contributed by atoms with Crippen molar-refractivity contribution in [3.05, 3.63) is 45.5 Å². The van der Waals surface area contributed by atoms with Gasteiger partial charge in [-0.25, -0.2) is 0 Å². The molecule has 108 valence electrons. The van der Waals surface area contributed by atoms with Gasteiger partial charge < -0.3 is 15.0 Å². The molecule has 0 radical (unpaired) electrons. The Morgan fingerprint density at radius 2 is 2.05 bits per heavy atom. The Balaban J connectivity index is 2.06. The largest absolute Gasteiger partial charge is 0.383 e. The molecular formula is C13H15Cl2N3O2. The molecule has 2 aromatic rings. The first kappa shape index (κ1) is 15.3. The highest BCUT2D eigenvalue weighted by molar-refractivity contribution is 6.36. The lowest BCUT2D eigenvalue weighted by atomic mass is 10.1. The molecule has 1 atom stereocenters. The maximum absolute atomic E-state index is 6.10. The Kier molecular flexibility index (Phi) is 5.37. The topological polar surface area (TPSA) is 74.2 Å². The van der Waals surface area contributed by atoms with Crippen molar-refractivity contribution in [2.75, 3.05) is 13.7 Å². The van der Waals surface area contributed by atoms with E-state index < -0.39 is 0 Å². The second-order valence-electron chi connectivity index (χ2n) is 4.40. The number of ether oxygens (including phenoxy) is 1. The first-order valence-corrected chi connectivity index (χ1v) is 6.84. The molecule has 1 aromatic carbocycles. The normalized spacial score (nSPS) is 12.6. The average molecular weight is 316 g/mol. The SMILES string of the molecule is COCC(N)Cc1nc(Cc2c(Cl)cccc2Cl)no1. The molecule has 0 aliphatic rings. The Morgan fingerprint density at radius 1 is 1.35 bits per heavy atom. The number of aromatic nitrogens is 2. The van der Waals surface area contributed by atoms with E-state index in [-0.39, 0.29) is 6.04 Å². The summed E-state index contributed by atoms with van der Waals surface area (Å²) in [6.07, 6.45) is 0.888. The van der Waals surface area contributed by atoms with Crippen LogP contribution in [0.3, 0.4) is 0 Å². The van der Waals surface area contributed by atoms with Gasteiger partial charge in [0.25, 0.3) is 0 Å². The van der Waals surface area contributed by atoms with E-state index in [1.807, 2.05) is 0 Å². The third-order valence-corrected chi connectivity index (χ3v) is 3.43. The molecule has 0 aliphatic carbocycles. The molecule has 1 heterocycles. The Hall–Kier alpha value is -1.14. The summed E-state index contributed by atoms with van der Waals surface area (Å²) < 4.78 is 10.1. The molecule has 0 amide bonds. The lowest BCUT2D eigenvalue weighted by Crippen LogP contribution is -2.28. The zero-order chi connectivity index (χ0) is 14.5. The number of hydrogen-bond donors (Lipinski definition) is 1. The molecule has 1 aromatic heterocycles. The van der Waals surface area contributed by atoms with Gasteiger partial charge in [0, 0.05) is 36.0 Å². The minimum atomic E-state index is -0.169. The van der Waals surface area contributed by atoms with Gasteiger partial charge in [-0.15, -0.1) is 0 Å². The van der Waals surface area contributed by atoms with Crippen molar-refractivity contribution in [3.63, 3.8) is 0 Å². The molecule has 2 rings (SSSR count). The van der Waals surface area contributed by atoms with E-state index >= 15 is 0 Å². The number of hydrogen-bond acceptors (Lipinski definition) is 5. The lowest BCUT2D eigenvalue weighted by molar-refractivity contribution is 0.176. The summed E-state index contributed by atoms with van der Waals surface area (Å²) >= 11 is 12.2. The molecule has 0 saturated heterocycles. The van der Waals surface area contributed by atoms with Gasteiger partial charge >= 0.3 is 0 Å². The zero-order valence-corrected chi connectivity index (χ0v) is 12.5. The maximum atomic E-state index is 6.10. The third-order valence-electron chi connectivity index (χ3n) is 2.72. The standard InChI is InChI=1S/C13H15Cl2N3O2/c1-19-7-8(16)5-13-17-12(18-20-13)6-9-10(14)3-2-4-11(9)15/h2-4,8H,5-7,16H2,1H3. The van der Waals surface area contributed by atoms with Crippen LogP contribution in [0.1, 0.15) is 17.3 Å². The summed E-state index contributed by atoms with van der Waals surface area (Å²) in [6.45, 7) is 0.439. The second-order valence-corrected chi connectivity index (χ2v) is 5.22. The summed E-state index contributed by atoms with van der Waals surface area (Å²) in [4.78, 5) is 4.28. The predicted molar refractivity (Wildman–Crippen MR) is 77.1 cm³/mol. The van der Waals surface area contributed by atoms with Crippen molar-refractivity contribution >= 4 is 23.2 Å². The van der Waals surface area contributed by atoms with E-state index in [0.29, 0.717) is 41.2 Å². The summed E-state index contributed by atoms with van der Waals surface area (Å²) in [5.74, 6) is 1.01. The molecule has 0 aliphatic heterocycles. The molecule has 20 heavy (non-hydrogen) atoms. The number of halogens is 2. The first-order valence-electron chi connectivity index (χ1n) is 6.09.